The number of rotatable bonds is 4. The van der Waals surface area contributed by atoms with Crippen LogP contribution in [0.3, 0.4) is 0 Å². The van der Waals surface area contributed by atoms with Gasteiger partial charge in [0.05, 0.1) is 17.6 Å². The van der Waals surface area contributed by atoms with Gasteiger partial charge in [0.2, 0.25) is 5.91 Å². The van der Waals surface area contributed by atoms with E-state index in [1.165, 1.54) is 0 Å². The Labute approximate surface area is 184 Å². The molecule has 0 radical (unpaired) electrons. The van der Waals surface area contributed by atoms with E-state index in [-0.39, 0.29) is 17.2 Å². The topological polar surface area (TPSA) is 100 Å². The monoisotopic (exact) mass is 459 g/mol. The number of ether oxygens (including phenoxy) is 1. The molecule has 3 heterocycles. The van der Waals surface area contributed by atoms with Crippen molar-refractivity contribution in [3.8, 4) is 0 Å². The number of pyridine rings is 1. The van der Waals surface area contributed by atoms with Crippen LogP contribution in [-0.2, 0) is 14.3 Å². The average molecular weight is 459 g/mol. The minimum absolute atomic E-state index is 0.0277. The largest absolute Gasteiger partial charge is 0.490 e. The van der Waals surface area contributed by atoms with Crippen molar-refractivity contribution in [1.29, 1.82) is 0 Å². The number of hydrogen-bond acceptors (Lipinski definition) is 5. The minimum Gasteiger partial charge on any atom is -0.475 e. The summed E-state index contributed by atoms with van der Waals surface area (Å²) in [4.78, 5) is 42.5. The number of hydrogen-bond donors (Lipinski definition) is 1. The number of piperidine rings is 2. The van der Waals surface area contributed by atoms with E-state index in [1.807, 2.05) is 22.8 Å². The second kappa shape index (κ2) is 10.8. The summed E-state index contributed by atoms with van der Waals surface area (Å²) in [5, 5.41) is 7.12. The Morgan fingerprint density at radius 1 is 1.22 bits per heavy atom. The van der Waals surface area contributed by atoms with Crippen molar-refractivity contribution >= 4 is 17.8 Å². The Morgan fingerprint density at radius 3 is 2.38 bits per heavy atom. The summed E-state index contributed by atoms with van der Waals surface area (Å²) < 4.78 is 36.9. The van der Waals surface area contributed by atoms with E-state index in [0.29, 0.717) is 31.8 Å². The number of aromatic nitrogens is 1. The number of aryl methyl sites for hydroxylation is 1. The van der Waals surface area contributed by atoms with Crippen LogP contribution in [-0.4, -0.2) is 83.7 Å². The smallest absolute Gasteiger partial charge is 0.475 e. The summed E-state index contributed by atoms with van der Waals surface area (Å²) in [6, 6.07) is 1.86. The number of carboxylic acids is 1. The minimum atomic E-state index is -5.08. The molecule has 3 rings (SSSR count). The van der Waals surface area contributed by atoms with E-state index < -0.39 is 12.1 Å². The maximum atomic E-state index is 13.0. The maximum Gasteiger partial charge on any atom is 0.490 e. The molecule has 2 fully saturated rings. The molecular formula is C21H28F3N3O5. The quantitative estimate of drug-likeness (QED) is 0.743. The number of carboxylic acid groups (broad SMARTS) is 1. The van der Waals surface area contributed by atoms with Gasteiger partial charge in [0.1, 0.15) is 0 Å². The second-order valence-electron chi connectivity index (χ2n) is 7.95. The summed E-state index contributed by atoms with van der Waals surface area (Å²) in [7, 11) is 1.66. The fourth-order valence-corrected chi connectivity index (χ4v) is 4.03. The van der Waals surface area contributed by atoms with Gasteiger partial charge >= 0.3 is 12.1 Å². The average Bonchev–Trinajstić information content (AvgIpc) is 2.75. The molecule has 1 N–H and O–H groups in total. The van der Waals surface area contributed by atoms with E-state index >= 15 is 0 Å². The summed E-state index contributed by atoms with van der Waals surface area (Å²) in [5.41, 5.74) is 1.32. The third kappa shape index (κ3) is 6.18. The van der Waals surface area contributed by atoms with Crippen LogP contribution in [0.2, 0.25) is 0 Å². The third-order valence-electron chi connectivity index (χ3n) is 5.91. The lowest BCUT2D eigenvalue weighted by Gasteiger charge is -2.46. The second-order valence-corrected chi connectivity index (χ2v) is 7.95. The third-order valence-corrected chi connectivity index (χ3v) is 5.91. The fraction of sp³-hybridized carbons (Fsp3) is 0.619. The van der Waals surface area contributed by atoms with Crippen LogP contribution >= 0.6 is 0 Å². The number of nitrogens with zero attached hydrogens (tertiary/aromatic N) is 3. The predicted octanol–water partition coefficient (Wildman–Crippen LogP) is 2.51. The molecule has 0 aliphatic carbocycles. The van der Waals surface area contributed by atoms with Gasteiger partial charge in [-0.1, -0.05) is 0 Å². The number of carbonyl (C=O) groups excluding carboxylic acids is 2. The fourth-order valence-electron chi connectivity index (χ4n) is 4.03. The van der Waals surface area contributed by atoms with Gasteiger partial charge < -0.3 is 19.6 Å². The lowest BCUT2D eigenvalue weighted by atomic mass is 9.71. The molecule has 0 aromatic carbocycles. The number of alkyl halides is 3. The molecule has 178 valence electrons. The summed E-state index contributed by atoms with van der Waals surface area (Å²) in [6.45, 7) is 5.26. The van der Waals surface area contributed by atoms with Gasteiger partial charge in [0.15, 0.2) is 0 Å². The van der Waals surface area contributed by atoms with Crippen LogP contribution in [0.5, 0.6) is 0 Å². The van der Waals surface area contributed by atoms with E-state index in [9.17, 15) is 22.8 Å². The number of methoxy groups -OCH3 is 1. The lowest BCUT2D eigenvalue weighted by Crippen LogP contribution is -2.54. The Hall–Kier alpha value is -2.69. The van der Waals surface area contributed by atoms with Crippen molar-refractivity contribution in [1.82, 2.24) is 14.8 Å². The Kier molecular flexibility index (Phi) is 8.59. The summed E-state index contributed by atoms with van der Waals surface area (Å²) in [6.07, 6.45) is 1.72. The van der Waals surface area contributed by atoms with Crippen LogP contribution < -0.4 is 0 Å². The summed E-state index contributed by atoms with van der Waals surface area (Å²) >= 11 is 0. The number of carbonyl (C=O) groups is 3. The van der Waals surface area contributed by atoms with Crippen molar-refractivity contribution in [2.24, 2.45) is 5.41 Å². The van der Waals surface area contributed by atoms with Crippen LogP contribution in [0, 0.1) is 12.3 Å². The molecule has 0 saturated carbocycles. The molecule has 2 amide bonds. The van der Waals surface area contributed by atoms with Gasteiger partial charge in [-0.05, 0) is 44.2 Å². The number of likely N-dealkylation sites (tertiary alicyclic amines) is 2. The van der Waals surface area contributed by atoms with Crippen molar-refractivity contribution in [3.63, 3.8) is 0 Å². The highest BCUT2D eigenvalue weighted by molar-refractivity contribution is 5.95. The number of halogens is 3. The van der Waals surface area contributed by atoms with E-state index in [1.54, 1.807) is 19.5 Å². The van der Waals surface area contributed by atoms with Crippen molar-refractivity contribution in [2.75, 3.05) is 39.9 Å². The molecule has 1 aromatic heterocycles. The van der Waals surface area contributed by atoms with Crippen LogP contribution in [0.15, 0.2) is 18.5 Å². The first-order valence-electron chi connectivity index (χ1n) is 10.3. The van der Waals surface area contributed by atoms with Crippen molar-refractivity contribution < 1.29 is 37.4 Å². The normalized spacial score (nSPS) is 18.2. The van der Waals surface area contributed by atoms with Crippen LogP contribution in [0.4, 0.5) is 13.2 Å². The molecule has 1 spiro atoms. The highest BCUT2D eigenvalue weighted by Crippen LogP contribution is 2.41. The Morgan fingerprint density at radius 2 is 1.84 bits per heavy atom. The zero-order valence-electron chi connectivity index (χ0n) is 18.2. The van der Waals surface area contributed by atoms with Gasteiger partial charge in [-0.15, -0.1) is 0 Å². The van der Waals surface area contributed by atoms with Crippen molar-refractivity contribution in [3.05, 3.63) is 29.6 Å². The molecule has 1 aromatic rings. The van der Waals surface area contributed by atoms with Gasteiger partial charge in [-0.25, -0.2) is 4.79 Å². The lowest BCUT2D eigenvalue weighted by molar-refractivity contribution is -0.192. The van der Waals surface area contributed by atoms with Crippen LogP contribution in [0.25, 0.3) is 0 Å². The molecule has 0 bridgehead atoms. The molecule has 32 heavy (non-hydrogen) atoms. The Bertz CT molecular complexity index is 823. The predicted molar refractivity (Wildman–Crippen MR) is 108 cm³/mol. The molecule has 11 heteroatoms. The molecule has 2 aliphatic rings. The molecule has 8 nitrogen and oxygen atoms in total. The van der Waals surface area contributed by atoms with Gasteiger partial charge in [-0.2, -0.15) is 13.2 Å². The van der Waals surface area contributed by atoms with Gasteiger partial charge in [0.25, 0.3) is 5.91 Å². The first-order chi connectivity index (χ1) is 15.0. The highest BCUT2D eigenvalue weighted by Gasteiger charge is 2.46. The first kappa shape index (κ1) is 25.6. The molecule has 0 atom stereocenters. The molecular weight excluding hydrogens is 431 g/mol. The number of aliphatic carboxylic acids is 1. The highest BCUT2D eigenvalue weighted by atomic mass is 19.4. The summed E-state index contributed by atoms with van der Waals surface area (Å²) in [5.74, 6) is -2.48. The zero-order valence-corrected chi connectivity index (χ0v) is 18.2. The van der Waals surface area contributed by atoms with Crippen LogP contribution in [0.1, 0.15) is 41.6 Å². The molecule has 0 unspecified atom stereocenters. The van der Waals surface area contributed by atoms with Crippen molar-refractivity contribution in [2.45, 2.75) is 38.8 Å². The molecule has 2 aliphatic heterocycles. The van der Waals surface area contributed by atoms with Gasteiger partial charge in [-0.3, -0.25) is 14.6 Å². The standard InChI is InChI=1S/C19H27N3O3.C2HF3O2/c1-15-4-8-20-14-16(15)17(23)21-10-6-19(7-11-21)5-3-9-22(18(19)24)12-13-25-2;3-2(4,5)1(6)7/h4,8,14H,3,5-7,9-13H2,1-2H3;(H,6,7). The maximum absolute atomic E-state index is 13.0. The van der Waals surface area contributed by atoms with E-state index in [2.05, 4.69) is 4.98 Å². The Balaban J connectivity index is 0.000000451. The van der Waals surface area contributed by atoms with Gasteiger partial charge in [0, 0.05) is 45.7 Å². The molecule has 2 saturated heterocycles. The number of amides is 2. The SMILES string of the molecule is COCCN1CCCC2(CCN(C(=O)c3cnccc3C)CC2)C1=O.O=C(O)C(F)(F)F. The van der Waals surface area contributed by atoms with E-state index in [4.69, 9.17) is 14.6 Å². The zero-order chi connectivity index (χ0) is 23.9. The van der Waals surface area contributed by atoms with E-state index in [0.717, 1.165) is 37.8 Å². The first-order valence-corrected chi connectivity index (χ1v) is 10.3.